The van der Waals surface area contributed by atoms with Crippen molar-refractivity contribution in [1.82, 2.24) is 0 Å². The molecule has 0 unspecified atom stereocenters. The summed E-state index contributed by atoms with van der Waals surface area (Å²) in [5.41, 5.74) is -0.0971. The van der Waals surface area contributed by atoms with Crippen molar-refractivity contribution in [3.05, 3.63) is 0 Å². The molecule has 0 saturated heterocycles. The fourth-order valence-corrected chi connectivity index (χ4v) is 3.12. The van der Waals surface area contributed by atoms with Crippen LogP contribution in [0.25, 0.3) is 0 Å². The van der Waals surface area contributed by atoms with Crippen molar-refractivity contribution in [3.8, 4) is 0 Å². The van der Waals surface area contributed by atoms with Crippen molar-refractivity contribution in [2.75, 3.05) is 0 Å². The Morgan fingerprint density at radius 3 is 2.17 bits per heavy atom. The van der Waals surface area contributed by atoms with Gasteiger partial charge < -0.3 is 4.74 Å². The average molecular weight is 252 g/mol. The van der Waals surface area contributed by atoms with Gasteiger partial charge in [0, 0.05) is 5.92 Å². The molecule has 2 fully saturated rings. The van der Waals surface area contributed by atoms with E-state index in [-0.39, 0.29) is 23.6 Å². The highest BCUT2D eigenvalue weighted by Gasteiger charge is 2.52. The first kappa shape index (κ1) is 13.6. The lowest BCUT2D eigenvalue weighted by atomic mass is 9.70. The van der Waals surface area contributed by atoms with E-state index in [0.29, 0.717) is 5.41 Å². The molecule has 0 aromatic heterocycles. The van der Waals surface area contributed by atoms with Crippen molar-refractivity contribution in [3.63, 3.8) is 0 Å². The zero-order valence-electron chi connectivity index (χ0n) is 11.9. The molecule has 2 saturated carbocycles. The minimum atomic E-state index is -0.466. The SMILES string of the molecule is CC(=O)[C@H]1CCC2(CC2)C[C@@H]1C(=O)OC(C)(C)C. The van der Waals surface area contributed by atoms with Crippen molar-refractivity contribution < 1.29 is 14.3 Å². The number of carbonyl (C=O) groups is 2. The van der Waals surface area contributed by atoms with Gasteiger partial charge in [0.15, 0.2) is 0 Å². The summed E-state index contributed by atoms with van der Waals surface area (Å²) in [4.78, 5) is 24.0. The summed E-state index contributed by atoms with van der Waals surface area (Å²) < 4.78 is 5.49. The highest BCUT2D eigenvalue weighted by molar-refractivity contribution is 5.85. The Bertz CT molecular complexity index is 360. The number of hydrogen-bond acceptors (Lipinski definition) is 3. The van der Waals surface area contributed by atoms with E-state index in [1.165, 1.54) is 12.8 Å². The molecule has 0 bridgehead atoms. The molecule has 102 valence electrons. The maximum Gasteiger partial charge on any atom is 0.310 e. The lowest BCUT2D eigenvalue weighted by Gasteiger charge is -2.35. The lowest BCUT2D eigenvalue weighted by molar-refractivity contribution is -0.166. The lowest BCUT2D eigenvalue weighted by Crippen LogP contribution is -2.39. The van der Waals surface area contributed by atoms with Crippen LogP contribution in [0.1, 0.15) is 59.8 Å². The minimum absolute atomic E-state index is 0.119. The van der Waals surface area contributed by atoms with Crippen LogP contribution in [0.5, 0.6) is 0 Å². The van der Waals surface area contributed by atoms with Gasteiger partial charge >= 0.3 is 5.97 Å². The number of carbonyl (C=O) groups excluding carboxylic acids is 2. The number of esters is 1. The molecule has 3 nitrogen and oxygen atoms in total. The van der Waals surface area contributed by atoms with Gasteiger partial charge in [0.25, 0.3) is 0 Å². The van der Waals surface area contributed by atoms with Crippen molar-refractivity contribution in [2.24, 2.45) is 17.3 Å². The van der Waals surface area contributed by atoms with Crippen LogP contribution < -0.4 is 0 Å². The molecule has 2 rings (SSSR count). The molecule has 0 aliphatic heterocycles. The summed E-state index contributed by atoms with van der Waals surface area (Å²) >= 11 is 0. The second-order valence-electron chi connectivity index (χ2n) is 7.10. The Morgan fingerprint density at radius 2 is 1.72 bits per heavy atom. The molecule has 0 aromatic carbocycles. The Hall–Kier alpha value is -0.860. The van der Waals surface area contributed by atoms with Gasteiger partial charge in [-0.3, -0.25) is 9.59 Å². The Labute approximate surface area is 109 Å². The Balaban J connectivity index is 2.09. The zero-order chi connectivity index (χ0) is 13.6. The van der Waals surface area contributed by atoms with E-state index < -0.39 is 5.60 Å². The fourth-order valence-electron chi connectivity index (χ4n) is 3.12. The molecular formula is C15H24O3. The van der Waals surface area contributed by atoms with Crippen molar-refractivity contribution in [2.45, 2.75) is 65.4 Å². The van der Waals surface area contributed by atoms with Crippen LogP contribution in [0.3, 0.4) is 0 Å². The molecule has 1 spiro atoms. The molecule has 2 aliphatic rings. The predicted octanol–water partition coefficient (Wildman–Crippen LogP) is 3.11. The van der Waals surface area contributed by atoms with Gasteiger partial charge in [0.1, 0.15) is 11.4 Å². The first-order valence-corrected chi connectivity index (χ1v) is 6.96. The monoisotopic (exact) mass is 252 g/mol. The standard InChI is InChI=1S/C15H24O3/c1-10(16)11-5-6-15(7-8-15)9-12(11)13(17)18-14(2,3)4/h11-12H,5-9H2,1-4H3/t11-,12+/m1/s1. The van der Waals surface area contributed by atoms with Gasteiger partial charge in [-0.2, -0.15) is 0 Å². The highest BCUT2D eigenvalue weighted by Crippen LogP contribution is 2.59. The predicted molar refractivity (Wildman–Crippen MR) is 69.0 cm³/mol. The van der Waals surface area contributed by atoms with Crippen molar-refractivity contribution in [1.29, 1.82) is 0 Å². The molecule has 0 heterocycles. The molecule has 3 heteroatoms. The van der Waals surface area contributed by atoms with Crippen LogP contribution >= 0.6 is 0 Å². The topological polar surface area (TPSA) is 43.4 Å². The molecule has 2 aliphatic carbocycles. The third kappa shape index (κ3) is 2.93. The fraction of sp³-hybridized carbons (Fsp3) is 0.867. The van der Waals surface area contributed by atoms with Crippen LogP contribution in [0.4, 0.5) is 0 Å². The summed E-state index contributed by atoms with van der Waals surface area (Å²) in [5, 5.41) is 0. The maximum absolute atomic E-state index is 12.3. The number of ketones is 1. The third-order valence-corrected chi connectivity index (χ3v) is 4.31. The second kappa shape index (κ2) is 4.36. The molecule has 0 radical (unpaired) electrons. The first-order chi connectivity index (χ1) is 8.22. The second-order valence-corrected chi connectivity index (χ2v) is 7.10. The van der Waals surface area contributed by atoms with Gasteiger partial charge in [-0.25, -0.2) is 0 Å². The number of Topliss-reactive ketones (excluding diaryl/α,β-unsaturated/α-hetero) is 1. The van der Waals surface area contributed by atoms with E-state index >= 15 is 0 Å². The quantitative estimate of drug-likeness (QED) is 0.709. The van der Waals surface area contributed by atoms with E-state index in [2.05, 4.69) is 0 Å². The van der Waals surface area contributed by atoms with Gasteiger partial charge in [-0.05, 0) is 65.2 Å². The normalized spacial score (nSPS) is 30.0. The average Bonchev–Trinajstić information content (AvgIpc) is 2.94. The molecule has 2 atom stereocenters. The largest absolute Gasteiger partial charge is 0.460 e. The van der Waals surface area contributed by atoms with E-state index in [9.17, 15) is 9.59 Å². The summed E-state index contributed by atoms with van der Waals surface area (Å²) in [5.74, 6) is -0.362. The van der Waals surface area contributed by atoms with E-state index in [1.54, 1.807) is 6.92 Å². The van der Waals surface area contributed by atoms with Gasteiger partial charge in [0.05, 0.1) is 5.92 Å². The number of hydrogen-bond donors (Lipinski definition) is 0. The number of ether oxygens (including phenoxy) is 1. The first-order valence-electron chi connectivity index (χ1n) is 6.96. The molecule has 18 heavy (non-hydrogen) atoms. The van der Waals surface area contributed by atoms with Gasteiger partial charge in [0.2, 0.25) is 0 Å². The van der Waals surface area contributed by atoms with Crippen LogP contribution in [0.2, 0.25) is 0 Å². The molecule has 0 N–H and O–H groups in total. The summed E-state index contributed by atoms with van der Waals surface area (Å²) in [6.07, 6.45) is 5.26. The Kier molecular flexibility index (Phi) is 3.28. The third-order valence-electron chi connectivity index (χ3n) is 4.31. The summed E-state index contributed by atoms with van der Waals surface area (Å²) in [6, 6.07) is 0. The zero-order valence-corrected chi connectivity index (χ0v) is 11.9. The van der Waals surface area contributed by atoms with Crippen LogP contribution in [0.15, 0.2) is 0 Å². The number of rotatable bonds is 2. The highest BCUT2D eigenvalue weighted by atomic mass is 16.6. The Morgan fingerprint density at radius 1 is 1.11 bits per heavy atom. The molecular weight excluding hydrogens is 228 g/mol. The van der Waals surface area contributed by atoms with Crippen LogP contribution in [0, 0.1) is 17.3 Å². The van der Waals surface area contributed by atoms with E-state index in [0.717, 1.165) is 19.3 Å². The van der Waals surface area contributed by atoms with Crippen LogP contribution in [-0.4, -0.2) is 17.4 Å². The molecule has 0 aromatic rings. The molecule has 0 amide bonds. The van der Waals surface area contributed by atoms with Gasteiger partial charge in [-0.15, -0.1) is 0 Å². The van der Waals surface area contributed by atoms with E-state index in [4.69, 9.17) is 4.74 Å². The van der Waals surface area contributed by atoms with E-state index in [1.807, 2.05) is 20.8 Å². The summed E-state index contributed by atoms with van der Waals surface area (Å²) in [7, 11) is 0. The van der Waals surface area contributed by atoms with Crippen LogP contribution in [-0.2, 0) is 14.3 Å². The minimum Gasteiger partial charge on any atom is -0.460 e. The smallest absolute Gasteiger partial charge is 0.310 e. The van der Waals surface area contributed by atoms with Crippen molar-refractivity contribution >= 4 is 11.8 Å². The summed E-state index contributed by atoms with van der Waals surface area (Å²) in [6.45, 7) is 7.24. The maximum atomic E-state index is 12.3. The van der Waals surface area contributed by atoms with Gasteiger partial charge in [-0.1, -0.05) is 0 Å².